The zero-order valence-corrected chi connectivity index (χ0v) is 10.4. The van der Waals surface area contributed by atoms with E-state index in [1.165, 1.54) is 0 Å². The highest BCUT2D eigenvalue weighted by Crippen LogP contribution is 2.18. The molecular formula is C13H20N2O. The highest BCUT2D eigenvalue weighted by Gasteiger charge is 2.24. The minimum absolute atomic E-state index is 0.143. The van der Waals surface area contributed by atoms with Crippen LogP contribution in [-0.2, 0) is 11.3 Å². The van der Waals surface area contributed by atoms with Crippen molar-refractivity contribution in [1.29, 1.82) is 0 Å². The third-order valence-corrected chi connectivity index (χ3v) is 2.39. The van der Waals surface area contributed by atoms with Gasteiger partial charge in [0.05, 0.1) is 0 Å². The van der Waals surface area contributed by atoms with E-state index >= 15 is 0 Å². The van der Waals surface area contributed by atoms with Crippen LogP contribution in [-0.4, -0.2) is 17.9 Å². The molecule has 88 valence electrons. The number of carbonyl (C=O) groups is 1. The van der Waals surface area contributed by atoms with Crippen molar-refractivity contribution in [3.63, 3.8) is 0 Å². The Labute approximate surface area is 97.2 Å². The Morgan fingerprint density at radius 2 is 1.75 bits per heavy atom. The summed E-state index contributed by atoms with van der Waals surface area (Å²) in [5.41, 5.74) is 7.11. The summed E-state index contributed by atoms with van der Waals surface area (Å²) in [4.78, 5) is 13.7. The SMILES string of the molecule is CN(Cc1ccc(N)cc1)C(=O)C(C)(C)C. The Bertz CT molecular complexity index is 363. The van der Waals surface area contributed by atoms with Crippen LogP contribution in [0.5, 0.6) is 0 Å². The van der Waals surface area contributed by atoms with Crippen LogP contribution < -0.4 is 5.73 Å². The normalized spacial score (nSPS) is 11.2. The van der Waals surface area contributed by atoms with Gasteiger partial charge < -0.3 is 10.6 Å². The van der Waals surface area contributed by atoms with Crippen LogP contribution in [0.2, 0.25) is 0 Å². The van der Waals surface area contributed by atoms with Crippen LogP contribution in [0.25, 0.3) is 0 Å². The number of benzene rings is 1. The first-order valence-corrected chi connectivity index (χ1v) is 5.40. The molecule has 0 fully saturated rings. The fourth-order valence-corrected chi connectivity index (χ4v) is 1.54. The van der Waals surface area contributed by atoms with Crippen LogP contribution in [0.4, 0.5) is 5.69 Å². The molecule has 0 unspecified atom stereocenters. The van der Waals surface area contributed by atoms with Gasteiger partial charge in [0.25, 0.3) is 0 Å². The highest BCUT2D eigenvalue weighted by molar-refractivity contribution is 5.81. The van der Waals surface area contributed by atoms with Gasteiger partial charge in [0.1, 0.15) is 0 Å². The van der Waals surface area contributed by atoms with Crippen molar-refractivity contribution < 1.29 is 4.79 Å². The van der Waals surface area contributed by atoms with Crippen molar-refractivity contribution in [3.05, 3.63) is 29.8 Å². The third-order valence-electron chi connectivity index (χ3n) is 2.39. The lowest BCUT2D eigenvalue weighted by Gasteiger charge is -2.26. The van der Waals surface area contributed by atoms with Gasteiger partial charge in [-0.15, -0.1) is 0 Å². The van der Waals surface area contributed by atoms with Gasteiger partial charge in [-0.1, -0.05) is 32.9 Å². The third kappa shape index (κ3) is 3.26. The zero-order chi connectivity index (χ0) is 12.3. The molecule has 2 N–H and O–H groups in total. The molecule has 1 rings (SSSR count). The van der Waals surface area contributed by atoms with E-state index in [0.29, 0.717) is 6.54 Å². The van der Waals surface area contributed by atoms with E-state index in [1.807, 2.05) is 52.1 Å². The van der Waals surface area contributed by atoms with Gasteiger partial charge in [-0.2, -0.15) is 0 Å². The van der Waals surface area contributed by atoms with Crippen molar-refractivity contribution in [2.24, 2.45) is 5.41 Å². The lowest BCUT2D eigenvalue weighted by molar-refractivity contribution is -0.138. The number of rotatable bonds is 2. The maximum atomic E-state index is 11.9. The summed E-state index contributed by atoms with van der Waals surface area (Å²) in [7, 11) is 1.82. The standard InChI is InChI=1S/C13H20N2O/c1-13(2,3)12(16)15(4)9-10-5-7-11(14)8-6-10/h5-8H,9,14H2,1-4H3. The molecule has 16 heavy (non-hydrogen) atoms. The number of anilines is 1. The minimum Gasteiger partial charge on any atom is -0.399 e. The Balaban J connectivity index is 2.68. The van der Waals surface area contributed by atoms with E-state index in [4.69, 9.17) is 5.73 Å². The van der Waals surface area contributed by atoms with Crippen LogP contribution in [0.15, 0.2) is 24.3 Å². The summed E-state index contributed by atoms with van der Waals surface area (Å²) in [5.74, 6) is 0.143. The largest absolute Gasteiger partial charge is 0.399 e. The molecule has 0 aromatic heterocycles. The van der Waals surface area contributed by atoms with Gasteiger partial charge in [0, 0.05) is 24.7 Å². The van der Waals surface area contributed by atoms with Crippen LogP contribution in [0.1, 0.15) is 26.3 Å². The first kappa shape index (κ1) is 12.6. The van der Waals surface area contributed by atoms with E-state index in [9.17, 15) is 4.79 Å². The summed E-state index contributed by atoms with van der Waals surface area (Å²) < 4.78 is 0. The van der Waals surface area contributed by atoms with Crippen LogP contribution >= 0.6 is 0 Å². The maximum absolute atomic E-state index is 11.9. The Kier molecular flexibility index (Phi) is 3.58. The number of carbonyl (C=O) groups excluding carboxylic acids is 1. The van der Waals surface area contributed by atoms with E-state index < -0.39 is 0 Å². The second kappa shape index (κ2) is 4.56. The molecule has 0 aliphatic carbocycles. The van der Waals surface area contributed by atoms with Crippen molar-refractivity contribution in [1.82, 2.24) is 4.90 Å². The van der Waals surface area contributed by atoms with Crippen molar-refractivity contribution in [2.75, 3.05) is 12.8 Å². The molecule has 0 aliphatic rings. The zero-order valence-electron chi connectivity index (χ0n) is 10.4. The molecule has 0 heterocycles. The lowest BCUT2D eigenvalue weighted by Crippen LogP contribution is -2.36. The number of hydrogen-bond donors (Lipinski definition) is 1. The lowest BCUT2D eigenvalue weighted by atomic mass is 9.95. The van der Waals surface area contributed by atoms with Crippen LogP contribution in [0, 0.1) is 5.41 Å². The van der Waals surface area contributed by atoms with Gasteiger partial charge in [-0.05, 0) is 17.7 Å². The van der Waals surface area contributed by atoms with E-state index in [0.717, 1.165) is 11.3 Å². The fourth-order valence-electron chi connectivity index (χ4n) is 1.54. The van der Waals surface area contributed by atoms with Crippen molar-refractivity contribution >= 4 is 11.6 Å². The second-order valence-electron chi connectivity index (χ2n) is 5.15. The minimum atomic E-state index is -0.331. The quantitative estimate of drug-likeness (QED) is 0.777. The number of hydrogen-bond acceptors (Lipinski definition) is 2. The summed E-state index contributed by atoms with van der Waals surface area (Å²) in [6, 6.07) is 7.60. The molecule has 0 aliphatic heterocycles. The molecule has 0 radical (unpaired) electrons. The molecule has 1 amide bonds. The molecule has 0 saturated carbocycles. The predicted molar refractivity (Wildman–Crippen MR) is 66.8 cm³/mol. The smallest absolute Gasteiger partial charge is 0.227 e. The monoisotopic (exact) mass is 220 g/mol. The summed E-state index contributed by atoms with van der Waals surface area (Å²) in [6.07, 6.45) is 0. The molecule has 0 atom stereocenters. The fraction of sp³-hybridized carbons (Fsp3) is 0.462. The number of nitrogens with two attached hydrogens (primary N) is 1. The van der Waals surface area contributed by atoms with E-state index in [1.54, 1.807) is 4.90 Å². The summed E-state index contributed by atoms with van der Waals surface area (Å²) in [5, 5.41) is 0. The maximum Gasteiger partial charge on any atom is 0.227 e. The van der Waals surface area contributed by atoms with Crippen molar-refractivity contribution in [2.45, 2.75) is 27.3 Å². The van der Waals surface area contributed by atoms with Gasteiger partial charge in [-0.25, -0.2) is 0 Å². The van der Waals surface area contributed by atoms with E-state index in [2.05, 4.69) is 0 Å². The number of amides is 1. The summed E-state index contributed by atoms with van der Waals surface area (Å²) in [6.45, 7) is 6.40. The molecule has 3 nitrogen and oxygen atoms in total. The topological polar surface area (TPSA) is 46.3 Å². The molecule has 1 aromatic rings. The predicted octanol–water partition coefficient (Wildman–Crippen LogP) is 2.27. The molecule has 3 heteroatoms. The average molecular weight is 220 g/mol. The van der Waals surface area contributed by atoms with Gasteiger partial charge >= 0.3 is 0 Å². The Hall–Kier alpha value is -1.51. The number of nitrogen functional groups attached to an aromatic ring is 1. The molecule has 0 bridgehead atoms. The molecule has 0 spiro atoms. The number of nitrogens with zero attached hydrogens (tertiary/aromatic N) is 1. The molecule has 1 aromatic carbocycles. The first-order valence-electron chi connectivity index (χ1n) is 5.40. The Morgan fingerprint density at radius 1 is 1.25 bits per heavy atom. The average Bonchev–Trinajstić information content (AvgIpc) is 2.19. The molecule has 0 saturated heterocycles. The van der Waals surface area contributed by atoms with Crippen LogP contribution in [0.3, 0.4) is 0 Å². The Morgan fingerprint density at radius 3 is 2.19 bits per heavy atom. The van der Waals surface area contributed by atoms with Gasteiger partial charge in [0.2, 0.25) is 5.91 Å². The highest BCUT2D eigenvalue weighted by atomic mass is 16.2. The molecular weight excluding hydrogens is 200 g/mol. The summed E-state index contributed by atoms with van der Waals surface area (Å²) >= 11 is 0. The van der Waals surface area contributed by atoms with Gasteiger partial charge in [-0.3, -0.25) is 4.79 Å². The van der Waals surface area contributed by atoms with Crippen molar-refractivity contribution in [3.8, 4) is 0 Å². The second-order valence-corrected chi connectivity index (χ2v) is 5.15. The van der Waals surface area contributed by atoms with E-state index in [-0.39, 0.29) is 11.3 Å². The van der Waals surface area contributed by atoms with Gasteiger partial charge in [0.15, 0.2) is 0 Å². The first-order chi connectivity index (χ1) is 7.30.